The fourth-order valence-corrected chi connectivity index (χ4v) is 2.92. The second kappa shape index (κ2) is 9.44. The lowest BCUT2D eigenvalue weighted by atomic mass is 9.98. The van der Waals surface area contributed by atoms with Gasteiger partial charge in [0.15, 0.2) is 6.10 Å². The molecule has 1 aliphatic rings. The summed E-state index contributed by atoms with van der Waals surface area (Å²) in [6.07, 6.45) is 5.98. The van der Waals surface area contributed by atoms with Gasteiger partial charge in [-0.25, -0.2) is 0 Å². The van der Waals surface area contributed by atoms with Gasteiger partial charge in [0.25, 0.3) is 5.91 Å². The molecule has 0 saturated carbocycles. The Morgan fingerprint density at radius 1 is 1.32 bits per heavy atom. The van der Waals surface area contributed by atoms with Gasteiger partial charge in [-0.1, -0.05) is 45.6 Å². The molecule has 0 fully saturated rings. The van der Waals surface area contributed by atoms with Gasteiger partial charge in [-0.05, 0) is 37.0 Å². The first-order valence-electron chi connectivity index (χ1n) is 9.36. The summed E-state index contributed by atoms with van der Waals surface area (Å²) in [6, 6.07) is 5.60. The minimum absolute atomic E-state index is 0.0778. The van der Waals surface area contributed by atoms with Crippen LogP contribution in [-0.2, 0) is 16.1 Å². The lowest BCUT2D eigenvalue weighted by Gasteiger charge is -2.23. The van der Waals surface area contributed by atoms with E-state index in [1.807, 2.05) is 18.2 Å². The molecule has 2 N–H and O–H groups in total. The van der Waals surface area contributed by atoms with E-state index >= 15 is 0 Å². The molecule has 1 aliphatic heterocycles. The number of amides is 2. The van der Waals surface area contributed by atoms with Crippen LogP contribution in [-0.4, -0.2) is 17.9 Å². The number of fused-ring (bicyclic) bond motifs is 1. The van der Waals surface area contributed by atoms with Gasteiger partial charge >= 0.3 is 0 Å². The van der Waals surface area contributed by atoms with Crippen molar-refractivity contribution < 1.29 is 14.3 Å². The summed E-state index contributed by atoms with van der Waals surface area (Å²) < 4.78 is 5.53. The summed E-state index contributed by atoms with van der Waals surface area (Å²) in [6.45, 7) is 6.60. The van der Waals surface area contributed by atoms with E-state index in [1.165, 1.54) is 25.7 Å². The lowest BCUT2D eigenvalue weighted by molar-refractivity contribution is -0.123. The number of carbonyl (C=O) groups excluding carboxylic acids is 2. The van der Waals surface area contributed by atoms with Crippen LogP contribution in [0.4, 0.5) is 5.69 Å². The Labute approximate surface area is 150 Å². The molecule has 5 nitrogen and oxygen atoms in total. The van der Waals surface area contributed by atoms with Gasteiger partial charge in [0.2, 0.25) is 5.91 Å². The minimum atomic E-state index is -0.475. The van der Waals surface area contributed by atoms with Crippen LogP contribution in [0.15, 0.2) is 18.2 Å². The molecule has 0 saturated heterocycles. The molecule has 138 valence electrons. The largest absolute Gasteiger partial charge is 0.479 e. The topological polar surface area (TPSA) is 67.4 Å². The van der Waals surface area contributed by atoms with Crippen molar-refractivity contribution in [2.24, 2.45) is 5.92 Å². The van der Waals surface area contributed by atoms with Gasteiger partial charge in [-0.15, -0.1) is 0 Å². The summed E-state index contributed by atoms with van der Waals surface area (Å²) in [7, 11) is 0. The van der Waals surface area contributed by atoms with Crippen LogP contribution in [0.3, 0.4) is 0 Å². The van der Waals surface area contributed by atoms with Crippen molar-refractivity contribution >= 4 is 17.5 Å². The van der Waals surface area contributed by atoms with Crippen LogP contribution in [0.1, 0.15) is 64.9 Å². The fourth-order valence-electron chi connectivity index (χ4n) is 2.92. The summed E-state index contributed by atoms with van der Waals surface area (Å²) >= 11 is 0. The third-order valence-corrected chi connectivity index (χ3v) is 4.63. The zero-order chi connectivity index (χ0) is 18.2. The van der Waals surface area contributed by atoms with Crippen LogP contribution >= 0.6 is 0 Å². The maximum Gasteiger partial charge on any atom is 0.265 e. The van der Waals surface area contributed by atoms with Gasteiger partial charge in [0, 0.05) is 13.0 Å². The number of rotatable bonds is 9. The molecular weight excluding hydrogens is 316 g/mol. The Morgan fingerprint density at radius 2 is 2.12 bits per heavy atom. The van der Waals surface area contributed by atoms with Crippen molar-refractivity contribution in [1.29, 1.82) is 0 Å². The first-order valence-corrected chi connectivity index (χ1v) is 9.36. The second-order valence-corrected chi connectivity index (χ2v) is 7.00. The number of nitrogens with one attached hydrogen (secondary N) is 2. The van der Waals surface area contributed by atoms with E-state index in [2.05, 4.69) is 24.5 Å². The van der Waals surface area contributed by atoms with E-state index < -0.39 is 6.10 Å². The summed E-state index contributed by atoms with van der Waals surface area (Å²) in [4.78, 5) is 23.7. The highest BCUT2D eigenvalue weighted by atomic mass is 16.5. The van der Waals surface area contributed by atoms with Crippen molar-refractivity contribution in [3.63, 3.8) is 0 Å². The monoisotopic (exact) mass is 346 g/mol. The molecule has 0 aliphatic carbocycles. The lowest BCUT2D eigenvalue weighted by Crippen LogP contribution is -2.34. The molecule has 1 aromatic rings. The first kappa shape index (κ1) is 19.3. The predicted molar refractivity (Wildman–Crippen MR) is 99.5 cm³/mol. The van der Waals surface area contributed by atoms with Gasteiger partial charge < -0.3 is 15.4 Å². The van der Waals surface area contributed by atoms with E-state index in [1.54, 1.807) is 6.92 Å². The quantitative estimate of drug-likeness (QED) is 0.664. The van der Waals surface area contributed by atoms with E-state index in [0.717, 1.165) is 12.0 Å². The molecule has 0 radical (unpaired) electrons. The third-order valence-electron chi connectivity index (χ3n) is 4.63. The Kier molecular flexibility index (Phi) is 7.29. The molecule has 2 rings (SSSR count). The average Bonchev–Trinajstić information content (AvgIpc) is 2.59. The molecule has 1 aromatic carbocycles. The van der Waals surface area contributed by atoms with Gasteiger partial charge in [0.1, 0.15) is 5.75 Å². The van der Waals surface area contributed by atoms with Crippen molar-refractivity contribution in [2.45, 2.75) is 71.9 Å². The predicted octanol–water partition coefficient (Wildman–Crippen LogP) is 4.02. The third kappa shape index (κ3) is 6.07. The van der Waals surface area contributed by atoms with E-state index in [4.69, 9.17) is 4.74 Å². The van der Waals surface area contributed by atoms with Crippen molar-refractivity contribution in [3.05, 3.63) is 23.8 Å². The highest BCUT2D eigenvalue weighted by molar-refractivity contribution is 5.97. The molecule has 0 bridgehead atoms. The summed E-state index contributed by atoms with van der Waals surface area (Å²) in [5.74, 6) is 1.19. The zero-order valence-corrected chi connectivity index (χ0v) is 15.6. The number of hydrogen-bond donors (Lipinski definition) is 2. The van der Waals surface area contributed by atoms with Crippen molar-refractivity contribution in [1.82, 2.24) is 5.32 Å². The molecule has 5 heteroatoms. The first-order chi connectivity index (χ1) is 12.0. The Bertz CT molecular complexity index is 601. The minimum Gasteiger partial charge on any atom is -0.479 e. The van der Waals surface area contributed by atoms with E-state index in [-0.39, 0.29) is 11.8 Å². The van der Waals surface area contributed by atoms with E-state index in [0.29, 0.717) is 30.3 Å². The number of benzene rings is 1. The molecule has 2 amide bonds. The van der Waals surface area contributed by atoms with Crippen LogP contribution < -0.4 is 15.4 Å². The summed E-state index contributed by atoms with van der Waals surface area (Å²) in [5.41, 5.74) is 1.61. The van der Waals surface area contributed by atoms with E-state index in [9.17, 15) is 9.59 Å². The number of unbranched alkanes of at least 4 members (excludes halogenated alkanes) is 2. The number of anilines is 1. The van der Waals surface area contributed by atoms with Gasteiger partial charge in [-0.2, -0.15) is 0 Å². The van der Waals surface area contributed by atoms with Gasteiger partial charge in [-0.3, -0.25) is 9.59 Å². The van der Waals surface area contributed by atoms with Crippen LogP contribution in [0.5, 0.6) is 5.75 Å². The maximum absolute atomic E-state index is 12.0. The Morgan fingerprint density at radius 3 is 2.88 bits per heavy atom. The smallest absolute Gasteiger partial charge is 0.265 e. The molecule has 0 aromatic heterocycles. The van der Waals surface area contributed by atoms with Crippen LogP contribution in [0, 0.1) is 5.92 Å². The van der Waals surface area contributed by atoms with Crippen molar-refractivity contribution in [3.8, 4) is 5.75 Å². The fraction of sp³-hybridized carbons (Fsp3) is 0.600. The molecule has 25 heavy (non-hydrogen) atoms. The highest BCUT2D eigenvalue weighted by Gasteiger charge is 2.23. The maximum atomic E-state index is 12.0. The second-order valence-electron chi connectivity index (χ2n) is 7.00. The molecular formula is C20H30N2O3. The number of ether oxygens (including phenoxy) is 1. The number of carbonyl (C=O) groups is 2. The SMILES string of the molecule is CCCCCC(C)CCC(=O)NCc1ccc2c(c1)NC(=O)[C@@H](C)O2. The number of hydrogen-bond acceptors (Lipinski definition) is 3. The molecule has 2 atom stereocenters. The highest BCUT2D eigenvalue weighted by Crippen LogP contribution is 2.30. The van der Waals surface area contributed by atoms with Crippen LogP contribution in [0.2, 0.25) is 0 Å². The normalized spacial score (nSPS) is 17.2. The average molecular weight is 346 g/mol. The standard InChI is InChI=1S/C20H30N2O3/c1-4-5-6-7-14(2)8-11-19(23)21-13-16-9-10-18-17(12-16)22-20(24)15(3)25-18/h9-10,12,14-15H,4-8,11,13H2,1-3H3,(H,21,23)(H,22,24)/t14?,15-/m1/s1. The van der Waals surface area contributed by atoms with Crippen molar-refractivity contribution in [2.75, 3.05) is 5.32 Å². The van der Waals surface area contributed by atoms with Crippen LogP contribution in [0.25, 0.3) is 0 Å². The Balaban J connectivity index is 1.75. The molecule has 1 unspecified atom stereocenters. The summed E-state index contributed by atoms with van der Waals surface area (Å²) in [5, 5.41) is 5.78. The molecule has 0 spiro atoms. The molecule has 1 heterocycles. The zero-order valence-electron chi connectivity index (χ0n) is 15.6. The Hall–Kier alpha value is -2.04. The van der Waals surface area contributed by atoms with Gasteiger partial charge in [0.05, 0.1) is 5.69 Å².